The number of carbonyl (C=O) groups is 2. The maximum Gasteiger partial charge on any atom is 0.352 e. The summed E-state index contributed by atoms with van der Waals surface area (Å²) in [6, 6.07) is -0.434. The molecule has 102 valence electrons. The van der Waals surface area contributed by atoms with E-state index in [9.17, 15) is 14.7 Å². The number of aliphatic imine (C=N–C) groups is 1. The first-order chi connectivity index (χ1) is 8.97. The van der Waals surface area contributed by atoms with E-state index in [-0.39, 0.29) is 17.0 Å². The van der Waals surface area contributed by atoms with Crippen LogP contribution in [0.15, 0.2) is 28.4 Å². The fourth-order valence-electron chi connectivity index (χ4n) is 2.22. The highest BCUT2D eigenvalue weighted by atomic mass is 32.2. The first-order valence-corrected chi connectivity index (χ1v) is 7.07. The number of nitrogens with zero attached hydrogens (tertiary/aromatic N) is 2. The second kappa shape index (κ2) is 5.21. The summed E-state index contributed by atoms with van der Waals surface area (Å²) < 4.78 is 0. The molecule has 1 fully saturated rings. The largest absolute Gasteiger partial charge is 0.477 e. The smallest absolute Gasteiger partial charge is 0.352 e. The molecule has 0 radical (unpaired) electrons. The SMILES string of the molecule is C/C=C\C1=C(C(=O)O)N2C(=O)C(N=C(C)C)[C@@H]2SC1. The van der Waals surface area contributed by atoms with E-state index < -0.39 is 12.0 Å². The number of aliphatic carboxylic acids is 1. The van der Waals surface area contributed by atoms with Crippen molar-refractivity contribution in [2.45, 2.75) is 32.2 Å². The molecule has 2 aliphatic rings. The molecule has 0 saturated carbocycles. The Labute approximate surface area is 116 Å². The highest BCUT2D eigenvalue weighted by Crippen LogP contribution is 2.41. The number of allylic oxidation sites excluding steroid dienone is 2. The van der Waals surface area contributed by atoms with E-state index in [0.717, 1.165) is 5.71 Å². The highest BCUT2D eigenvalue weighted by Gasteiger charge is 2.53. The van der Waals surface area contributed by atoms with Crippen LogP contribution in [0.3, 0.4) is 0 Å². The standard InChI is InChI=1S/C13H16N2O3S/c1-4-5-8-6-19-12-9(14-7(2)3)11(16)15(12)10(8)13(17)18/h4-5,9,12H,6H2,1-3H3,(H,17,18)/b5-4-/t9?,12-/m0/s1. The van der Waals surface area contributed by atoms with Gasteiger partial charge in [0.25, 0.3) is 5.91 Å². The van der Waals surface area contributed by atoms with Crippen molar-refractivity contribution in [2.75, 3.05) is 5.75 Å². The number of β-lactam (4-membered cyclic amide) rings is 1. The number of fused-ring (bicyclic) bond motifs is 1. The molecule has 0 aromatic heterocycles. The fraction of sp³-hybridized carbons (Fsp3) is 0.462. The molecule has 5 nitrogen and oxygen atoms in total. The molecule has 2 aliphatic heterocycles. The van der Waals surface area contributed by atoms with Gasteiger partial charge in [0.05, 0.1) is 0 Å². The topological polar surface area (TPSA) is 70.0 Å². The number of carbonyl (C=O) groups excluding carboxylic acids is 1. The van der Waals surface area contributed by atoms with Gasteiger partial charge in [-0.2, -0.15) is 0 Å². The van der Waals surface area contributed by atoms with Crippen molar-refractivity contribution in [1.29, 1.82) is 0 Å². The zero-order valence-corrected chi connectivity index (χ0v) is 11.9. The summed E-state index contributed by atoms with van der Waals surface area (Å²) in [4.78, 5) is 29.1. The molecule has 1 N–H and O–H groups in total. The quantitative estimate of drug-likeness (QED) is 0.630. The zero-order chi connectivity index (χ0) is 14.2. The summed E-state index contributed by atoms with van der Waals surface area (Å²) >= 11 is 1.56. The van der Waals surface area contributed by atoms with Gasteiger partial charge in [0, 0.05) is 11.5 Å². The Balaban J connectivity index is 2.36. The number of thioether (sulfide) groups is 1. The molecule has 1 amide bonds. The molecule has 2 atom stereocenters. The minimum atomic E-state index is -1.05. The molecule has 0 spiro atoms. The van der Waals surface area contributed by atoms with Crippen molar-refractivity contribution in [3.8, 4) is 0 Å². The number of hydrogen-bond acceptors (Lipinski definition) is 4. The monoisotopic (exact) mass is 280 g/mol. The van der Waals surface area contributed by atoms with Crippen LogP contribution in [0.25, 0.3) is 0 Å². The first-order valence-electron chi connectivity index (χ1n) is 6.02. The summed E-state index contributed by atoms with van der Waals surface area (Å²) in [5.74, 6) is -0.685. The second-order valence-corrected chi connectivity index (χ2v) is 5.71. The average molecular weight is 280 g/mol. The third-order valence-corrected chi connectivity index (χ3v) is 4.23. The average Bonchev–Trinajstić information content (AvgIpc) is 2.35. The van der Waals surface area contributed by atoms with Crippen LogP contribution in [0.5, 0.6) is 0 Å². The van der Waals surface area contributed by atoms with Gasteiger partial charge in [0.1, 0.15) is 11.1 Å². The Hall–Kier alpha value is -1.56. The lowest BCUT2D eigenvalue weighted by molar-refractivity contribution is -0.147. The van der Waals surface area contributed by atoms with Gasteiger partial charge in [-0.1, -0.05) is 12.2 Å². The first kappa shape index (κ1) is 13.9. The molecule has 1 unspecified atom stereocenters. The van der Waals surface area contributed by atoms with Gasteiger partial charge in [-0.3, -0.25) is 14.7 Å². The summed E-state index contributed by atoms with van der Waals surface area (Å²) in [6.45, 7) is 5.50. The Morgan fingerprint density at radius 2 is 2.21 bits per heavy atom. The molecule has 2 rings (SSSR count). The van der Waals surface area contributed by atoms with E-state index in [1.54, 1.807) is 23.9 Å². The maximum atomic E-state index is 12.1. The summed E-state index contributed by atoms with van der Waals surface area (Å²) in [7, 11) is 0. The van der Waals surface area contributed by atoms with Crippen LogP contribution in [-0.2, 0) is 9.59 Å². The van der Waals surface area contributed by atoms with Crippen molar-refractivity contribution >= 4 is 29.4 Å². The summed E-state index contributed by atoms with van der Waals surface area (Å²) in [5, 5.41) is 9.13. The maximum absolute atomic E-state index is 12.1. The number of rotatable bonds is 3. The minimum absolute atomic E-state index is 0.104. The molecule has 0 aromatic rings. The number of amides is 1. The van der Waals surface area contributed by atoms with Crippen LogP contribution < -0.4 is 0 Å². The zero-order valence-electron chi connectivity index (χ0n) is 11.1. The van der Waals surface area contributed by atoms with E-state index in [0.29, 0.717) is 11.3 Å². The van der Waals surface area contributed by atoms with E-state index in [1.807, 2.05) is 20.8 Å². The highest BCUT2D eigenvalue weighted by molar-refractivity contribution is 8.00. The predicted octanol–water partition coefficient (Wildman–Crippen LogP) is 1.67. The van der Waals surface area contributed by atoms with Crippen molar-refractivity contribution in [3.63, 3.8) is 0 Å². The number of carboxylic acid groups (broad SMARTS) is 1. The minimum Gasteiger partial charge on any atom is -0.477 e. The molecule has 0 aromatic carbocycles. The lowest BCUT2D eigenvalue weighted by Crippen LogP contribution is -2.64. The van der Waals surface area contributed by atoms with Gasteiger partial charge in [-0.05, 0) is 26.3 Å². The third kappa shape index (κ3) is 2.32. The molecule has 19 heavy (non-hydrogen) atoms. The van der Waals surface area contributed by atoms with Gasteiger partial charge in [-0.15, -0.1) is 11.8 Å². The molecule has 1 saturated heterocycles. The Kier molecular flexibility index (Phi) is 3.80. The second-order valence-electron chi connectivity index (χ2n) is 4.61. The van der Waals surface area contributed by atoms with E-state index in [1.165, 1.54) is 4.90 Å². The van der Waals surface area contributed by atoms with Gasteiger partial charge < -0.3 is 5.11 Å². The van der Waals surface area contributed by atoms with Gasteiger partial charge >= 0.3 is 5.97 Å². The fourth-order valence-corrected chi connectivity index (χ4v) is 3.52. The third-order valence-electron chi connectivity index (χ3n) is 2.94. The van der Waals surface area contributed by atoms with Crippen molar-refractivity contribution in [2.24, 2.45) is 4.99 Å². The number of carboxylic acids is 1. The lowest BCUT2D eigenvalue weighted by atomic mass is 10.0. The Morgan fingerprint density at radius 1 is 1.53 bits per heavy atom. The van der Waals surface area contributed by atoms with Gasteiger partial charge in [-0.25, -0.2) is 4.79 Å². The lowest BCUT2D eigenvalue weighted by Gasteiger charge is -2.47. The van der Waals surface area contributed by atoms with Crippen LogP contribution in [0.4, 0.5) is 0 Å². The Bertz CT molecular complexity index is 518. The van der Waals surface area contributed by atoms with Crippen LogP contribution in [0, 0.1) is 0 Å². The van der Waals surface area contributed by atoms with Crippen LogP contribution >= 0.6 is 11.8 Å². The van der Waals surface area contributed by atoms with Crippen molar-refractivity contribution < 1.29 is 14.7 Å². The summed E-state index contributed by atoms with van der Waals surface area (Å²) in [6.07, 6.45) is 3.54. The molecule has 6 heteroatoms. The van der Waals surface area contributed by atoms with E-state index in [2.05, 4.69) is 4.99 Å². The normalized spacial score (nSPS) is 26.3. The summed E-state index contributed by atoms with van der Waals surface area (Å²) in [5.41, 5.74) is 1.62. The van der Waals surface area contributed by atoms with Crippen LogP contribution in [0.2, 0.25) is 0 Å². The van der Waals surface area contributed by atoms with Crippen LogP contribution in [-0.4, -0.2) is 44.8 Å². The van der Waals surface area contributed by atoms with E-state index >= 15 is 0 Å². The molecular weight excluding hydrogens is 264 g/mol. The van der Waals surface area contributed by atoms with E-state index in [4.69, 9.17) is 0 Å². The van der Waals surface area contributed by atoms with Gasteiger partial charge in [0.15, 0.2) is 6.04 Å². The number of hydrogen-bond donors (Lipinski definition) is 1. The predicted molar refractivity (Wildman–Crippen MR) is 75.1 cm³/mol. The van der Waals surface area contributed by atoms with Crippen molar-refractivity contribution in [3.05, 3.63) is 23.4 Å². The van der Waals surface area contributed by atoms with Crippen LogP contribution in [0.1, 0.15) is 20.8 Å². The molecule has 0 bridgehead atoms. The molecule has 2 heterocycles. The van der Waals surface area contributed by atoms with Crippen molar-refractivity contribution in [1.82, 2.24) is 4.90 Å². The molecule has 0 aliphatic carbocycles. The molecular formula is C13H16N2O3S. The Morgan fingerprint density at radius 3 is 2.74 bits per heavy atom. The van der Waals surface area contributed by atoms with Gasteiger partial charge in [0.2, 0.25) is 0 Å².